The number of carbonyl (C=O) groups is 1. The first-order valence-electron chi connectivity index (χ1n) is 9.55. The van der Waals surface area contributed by atoms with Crippen molar-refractivity contribution in [1.29, 1.82) is 0 Å². The number of nitrogens with one attached hydrogen (secondary N) is 1. The third-order valence-electron chi connectivity index (χ3n) is 4.85. The molecule has 0 aliphatic carbocycles. The molecule has 0 bridgehead atoms. The Labute approximate surface area is 169 Å². The van der Waals surface area contributed by atoms with E-state index < -0.39 is 17.2 Å². The number of morpholine rings is 1. The number of methoxy groups -OCH3 is 1. The molecule has 1 unspecified atom stereocenters. The maximum Gasteiger partial charge on any atom is 0.227 e. The second-order valence-corrected chi connectivity index (χ2v) is 6.87. The van der Waals surface area contributed by atoms with Crippen LogP contribution in [0.15, 0.2) is 39.5 Å². The highest BCUT2D eigenvalue weighted by Crippen LogP contribution is 2.26. The van der Waals surface area contributed by atoms with E-state index in [0.29, 0.717) is 43.4 Å². The number of ketones is 1. The lowest BCUT2D eigenvalue weighted by molar-refractivity contribution is 0.0379. The summed E-state index contributed by atoms with van der Waals surface area (Å²) < 4.78 is 16.1. The van der Waals surface area contributed by atoms with Gasteiger partial charge in [0.15, 0.2) is 11.5 Å². The molecule has 2 aromatic rings. The largest absolute Gasteiger partial charge is 0.502 e. The Hall–Kier alpha value is -2.68. The Morgan fingerprint density at radius 3 is 2.62 bits per heavy atom. The molecule has 1 aliphatic rings. The van der Waals surface area contributed by atoms with E-state index in [1.165, 1.54) is 6.07 Å². The van der Waals surface area contributed by atoms with Crippen LogP contribution in [0.3, 0.4) is 0 Å². The minimum Gasteiger partial charge on any atom is -0.502 e. The Morgan fingerprint density at radius 1 is 1.28 bits per heavy atom. The van der Waals surface area contributed by atoms with Gasteiger partial charge < -0.3 is 19.0 Å². The van der Waals surface area contributed by atoms with Gasteiger partial charge in [0.05, 0.1) is 20.3 Å². The Morgan fingerprint density at radius 2 is 1.97 bits per heavy atom. The fourth-order valence-corrected chi connectivity index (χ4v) is 3.24. The smallest absolute Gasteiger partial charge is 0.227 e. The summed E-state index contributed by atoms with van der Waals surface area (Å²) in [5, 5.41) is 13.4. The van der Waals surface area contributed by atoms with E-state index >= 15 is 0 Å². The molecule has 8 heteroatoms. The van der Waals surface area contributed by atoms with Crippen molar-refractivity contribution in [2.75, 3.05) is 46.5 Å². The molecule has 8 nitrogen and oxygen atoms in total. The van der Waals surface area contributed by atoms with Gasteiger partial charge in [0.2, 0.25) is 11.2 Å². The first-order valence-corrected chi connectivity index (χ1v) is 9.55. The van der Waals surface area contributed by atoms with Gasteiger partial charge in [-0.2, -0.15) is 0 Å². The summed E-state index contributed by atoms with van der Waals surface area (Å²) in [6, 6.07) is 6.86. The van der Waals surface area contributed by atoms with Crippen LogP contribution in [0.1, 0.15) is 27.9 Å². The van der Waals surface area contributed by atoms with E-state index in [2.05, 4.69) is 10.2 Å². The highest BCUT2D eigenvalue weighted by atomic mass is 16.5. The molecule has 1 aliphatic heterocycles. The predicted octanol–water partition coefficient (Wildman–Crippen LogP) is 1.51. The lowest BCUT2D eigenvalue weighted by Gasteiger charge is -2.27. The third-order valence-corrected chi connectivity index (χ3v) is 4.85. The number of aromatic hydroxyl groups is 1. The molecule has 156 valence electrons. The number of nitrogens with zero attached hydrogens (tertiary/aromatic N) is 1. The quantitative estimate of drug-likeness (QED) is 0.641. The van der Waals surface area contributed by atoms with Gasteiger partial charge in [0.25, 0.3) is 0 Å². The third kappa shape index (κ3) is 5.23. The minimum absolute atomic E-state index is 0.0715. The molecular formula is C21H26N2O6. The van der Waals surface area contributed by atoms with E-state index in [1.54, 1.807) is 38.3 Å². The lowest BCUT2D eigenvalue weighted by atomic mass is 10.0. The zero-order valence-electron chi connectivity index (χ0n) is 16.6. The molecule has 1 atom stereocenters. The molecule has 1 fully saturated rings. The van der Waals surface area contributed by atoms with Crippen LogP contribution in [0.5, 0.6) is 11.5 Å². The van der Waals surface area contributed by atoms with Crippen molar-refractivity contribution in [3.05, 3.63) is 57.6 Å². The topological polar surface area (TPSA) is 101 Å². The average Bonchev–Trinajstić information content (AvgIpc) is 2.74. The van der Waals surface area contributed by atoms with Crippen LogP contribution in [-0.2, 0) is 4.74 Å². The second kappa shape index (κ2) is 9.69. The van der Waals surface area contributed by atoms with Crippen molar-refractivity contribution in [3.8, 4) is 11.5 Å². The normalized spacial score (nSPS) is 15.8. The maximum absolute atomic E-state index is 13.2. The summed E-state index contributed by atoms with van der Waals surface area (Å²) >= 11 is 0. The first kappa shape index (κ1) is 21.0. The van der Waals surface area contributed by atoms with Gasteiger partial charge in [-0.15, -0.1) is 0 Å². The van der Waals surface area contributed by atoms with Crippen molar-refractivity contribution in [1.82, 2.24) is 10.2 Å². The second-order valence-electron chi connectivity index (χ2n) is 6.87. The Kier molecular flexibility index (Phi) is 7.03. The predicted molar refractivity (Wildman–Crippen MR) is 107 cm³/mol. The molecule has 29 heavy (non-hydrogen) atoms. The fraction of sp³-hybridized carbons (Fsp3) is 0.429. The molecule has 0 spiro atoms. The van der Waals surface area contributed by atoms with Crippen LogP contribution in [0.25, 0.3) is 0 Å². The average molecular weight is 402 g/mol. The number of rotatable bonds is 8. The molecule has 1 saturated heterocycles. The summed E-state index contributed by atoms with van der Waals surface area (Å²) in [6.45, 7) is 5.79. The van der Waals surface area contributed by atoms with Crippen molar-refractivity contribution < 1.29 is 23.8 Å². The zero-order valence-corrected chi connectivity index (χ0v) is 16.6. The van der Waals surface area contributed by atoms with E-state index in [0.717, 1.165) is 13.1 Å². The van der Waals surface area contributed by atoms with E-state index in [1.807, 2.05) is 0 Å². The maximum atomic E-state index is 13.2. The van der Waals surface area contributed by atoms with Crippen molar-refractivity contribution in [2.24, 2.45) is 0 Å². The van der Waals surface area contributed by atoms with E-state index in [4.69, 9.17) is 13.9 Å². The minimum atomic E-state index is -0.989. The number of carbonyl (C=O) groups excluding carboxylic acids is 1. The standard InChI is InChI=1S/C21H26N2O6/c1-14-13-17(24)20(26)21(29-14)18(22-7-8-23-9-11-28-12-10-23)19(25)15-3-5-16(27-2)6-4-15/h3-6,13,18,22,26H,7-12H2,1-2H3. The number of benzene rings is 1. The first-order chi connectivity index (χ1) is 14.0. The van der Waals surface area contributed by atoms with Gasteiger partial charge in [0.1, 0.15) is 17.6 Å². The van der Waals surface area contributed by atoms with Gasteiger partial charge in [-0.05, 0) is 31.2 Å². The molecule has 0 radical (unpaired) electrons. The summed E-state index contributed by atoms with van der Waals surface area (Å²) in [7, 11) is 1.55. The molecule has 2 N–H and O–H groups in total. The van der Waals surface area contributed by atoms with Crippen LogP contribution in [0.4, 0.5) is 0 Å². The highest BCUT2D eigenvalue weighted by molar-refractivity contribution is 6.00. The molecule has 1 aromatic heterocycles. The van der Waals surface area contributed by atoms with Gasteiger partial charge in [0, 0.05) is 37.8 Å². The molecular weight excluding hydrogens is 376 g/mol. The number of ether oxygens (including phenoxy) is 2. The van der Waals surface area contributed by atoms with Crippen LogP contribution < -0.4 is 15.5 Å². The van der Waals surface area contributed by atoms with Crippen LogP contribution in [0, 0.1) is 6.92 Å². The highest BCUT2D eigenvalue weighted by Gasteiger charge is 2.28. The van der Waals surface area contributed by atoms with Gasteiger partial charge in [-0.3, -0.25) is 19.8 Å². The molecule has 1 aromatic carbocycles. The van der Waals surface area contributed by atoms with Gasteiger partial charge >= 0.3 is 0 Å². The van der Waals surface area contributed by atoms with Crippen molar-refractivity contribution >= 4 is 5.78 Å². The van der Waals surface area contributed by atoms with Crippen molar-refractivity contribution in [2.45, 2.75) is 13.0 Å². The van der Waals surface area contributed by atoms with Crippen molar-refractivity contribution in [3.63, 3.8) is 0 Å². The summed E-state index contributed by atoms with van der Waals surface area (Å²) in [4.78, 5) is 27.5. The van der Waals surface area contributed by atoms with Crippen LogP contribution in [0.2, 0.25) is 0 Å². The number of hydrogen-bond donors (Lipinski definition) is 2. The van der Waals surface area contributed by atoms with E-state index in [-0.39, 0.29) is 11.5 Å². The SMILES string of the molecule is COc1ccc(C(=O)C(NCCN2CCOCC2)c2oc(C)cc(=O)c2O)cc1. The zero-order chi connectivity index (χ0) is 20.8. The summed E-state index contributed by atoms with van der Waals surface area (Å²) in [5.74, 6) is 0.0198. The number of hydrogen-bond acceptors (Lipinski definition) is 8. The number of Topliss-reactive ketones (excluding diaryl/α,β-unsaturated/α-hetero) is 1. The van der Waals surface area contributed by atoms with Gasteiger partial charge in [-0.1, -0.05) is 0 Å². The Balaban J connectivity index is 1.84. The Bertz CT molecular complexity index is 887. The van der Waals surface area contributed by atoms with Crippen LogP contribution >= 0.6 is 0 Å². The van der Waals surface area contributed by atoms with Crippen LogP contribution in [-0.4, -0.2) is 62.3 Å². The molecule has 2 heterocycles. The summed E-state index contributed by atoms with van der Waals surface area (Å²) in [6.07, 6.45) is 0. The fourth-order valence-electron chi connectivity index (χ4n) is 3.24. The monoisotopic (exact) mass is 402 g/mol. The van der Waals surface area contributed by atoms with E-state index in [9.17, 15) is 14.7 Å². The molecule has 3 rings (SSSR count). The van der Waals surface area contributed by atoms with Gasteiger partial charge in [-0.25, -0.2) is 0 Å². The molecule has 0 amide bonds. The summed E-state index contributed by atoms with van der Waals surface area (Å²) in [5.41, 5.74) is -0.163. The lowest BCUT2D eigenvalue weighted by Crippen LogP contribution is -2.42. The number of aryl methyl sites for hydroxylation is 1. The molecule has 0 saturated carbocycles.